The van der Waals surface area contributed by atoms with Gasteiger partial charge in [0, 0.05) is 6.20 Å². The summed E-state index contributed by atoms with van der Waals surface area (Å²) in [5, 5.41) is 8.79. The third kappa shape index (κ3) is 3.46. The van der Waals surface area contributed by atoms with Crippen LogP contribution in [0.15, 0.2) is 16.3 Å². The number of hydrogen-bond donors (Lipinski definition) is 3. The highest BCUT2D eigenvalue weighted by Crippen LogP contribution is 1.98. The third-order valence-electron chi connectivity index (χ3n) is 1.00. The predicted molar refractivity (Wildman–Crippen MR) is 46.3 cm³/mol. The Morgan fingerprint density at radius 3 is 3.27 bits per heavy atom. The van der Waals surface area contributed by atoms with Crippen molar-refractivity contribution in [1.82, 2.24) is 16.0 Å². The van der Waals surface area contributed by atoms with E-state index in [1.807, 2.05) is 0 Å². The zero-order valence-electron chi connectivity index (χ0n) is 5.64. The maximum Gasteiger partial charge on any atom is 0.157 e. The molecule has 0 amide bonds. The molecule has 0 aromatic rings. The van der Waals surface area contributed by atoms with Crippen LogP contribution in [0.25, 0.3) is 0 Å². The summed E-state index contributed by atoms with van der Waals surface area (Å²) in [5.41, 5.74) is -0.393. The Hall–Kier alpha value is -0.450. The molecule has 0 saturated heterocycles. The molecule has 0 saturated carbocycles. The Morgan fingerprint density at radius 2 is 2.45 bits per heavy atom. The van der Waals surface area contributed by atoms with E-state index in [9.17, 15) is 0 Å². The highest BCUT2D eigenvalue weighted by molar-refractivity contribution is 6.30. The number of nitrogens with zero attached hydrogens (tertiary/aromatic N) is 1. The van der Waals surface area contributed by atoms with Gasteiger partial charge >= 0.3 is 0 Å². The molecule has 0 bridgehead atoms. The fourth-order valence-corrected chi connectivity index (χ4v) is 0.970. The van der Waals surface area contributed by atoms with Gasteiger partial charge in [-0.25, -0.2) is 0 Å². The second kappa shape index (κ2) is 4.43. The largest absolute Gasteiger partial charge is 0.350 e. The first-order chi connectivity index (χ1) is 5.29. The van der Waals surface area contributed by atoms with E-state index in [0.29, 0.717) is 11.8 Å². The summed E-state index contributed by atoms with van der Waals surface area (Å²) >= 11 is 11.4. The SMILES string of the molecule is Cl/C1=C\NC=NCNC(Cl)N1. The lowest BCUT2D eigenvalue weighted by Gasteiger charge is -2.10. The summed E-state index contributed by atoms with van der Waals surface area (Å²) in [6.45, 7) is 0.451. The Bertz CT molecular complexity index is 179. The number of rotatable bonds is 0. The van der Waals surface area contributed by atoms with Crippen molar-refractivity contribution in [2.75, 3.05) is 6.67 Å². The van der Waals surface area contributed by atoms with Crippen molar-refractivity contribution in [2.24, 2.45) is 4.99 Å². The molecule has 62 valence electrons. The molecule has 1 rings (SSSR count). The topological polar surface area (TPSA) is 48.5 Å². The minimum atomic E-state index is -0.393. The highest BCUT2D eigenvalue weighted by atomic mass is 35.5. The van der Waals surface area contributed by atoms with Crippen LogP contribution in [0, 0.1) is 0 Å². The monoisotopic (exact) mass is 194 g/mol. The lowest BCUT2D eigenvalue weighted by atomic mass is 10.8. The Labute approximate surface area is 74.7 Å². The zero-order valence-corrected chi connectivity index (χ0v) is 7.15. The molecule has 1 atom stereocenters. The first kappa shape index (κ1) is 8.64. The smallest absolute Gasteiger partial charge is 0.157 e. The zero-order chi connectivity index (χ0) is 8.10. The van der Waals surface area contributed by atoms with Crippen molar-refractivity contribution in [3.63, 3.8) is 0 Å². The standard InChI is InChI=1S/C5H8Cl2N4/c6-4-1-8-2-9-3-10-5(7)11-4/h1-2,5,10-11H,3H2,(H,8,9)/b4-1+. The van der Waals surface area contributed by atoms with Gasteiger partial charge in [-0.15, -0.1) is 0 Å². The van der Waals surface area contributed by atoms with E-state index < -0.39 is 5.62 Å². The van der Waals surface area contributed by atoms with E-state index in [1.165, 1.54) is 6.34 Å². The molecule has 4 nitrogen and oxygen atoms in total. The van der Waals surface area contributed by atoms with Crippen LogP contribution in [0.4, 0.5) is 0 Å². The normalized spacial score (nSPS) is 30.0. The molecule has 0 spiro atoms. The van der Waals surface area contributed by atoms with Gasteiger partial charge in [0.15, 0.2) is 5.62 Å². The van der Waals surface area contributed by atoms with Crippen molar-refractivity contribution < 1.29 is 0 Å². The molecule has 0 aliphatic carbocycles. The van der Waals surface area contributed by atoms with Gasteiger partial charge in [0.2, 0.25) is 0 Å². The molecule has 0 aromatic heterocycles. The fraction of sp³-hybridized carbons (Fsp3) is 0.400. The first-order valence-corrected chi connectivity index (χ1v) is 3.84. The van der Waals surface area contributed by atoms with E-state index in [4.69, 9.17) is 23.2 Å². The molecule has 6 heteroatoms. The first-order valence-electron chi connectivity index (χ1n) is 3.03. The van der Waals surface area contributed by atoms with Crippen LogP contribution < -0.4 is 16.0 Å². The maximum atomic E-state index is 5.71. The van der Waals surface area contributed by atoms with Crippen molar-refractivity contribution in [1.29, 1.82) is 0 Å². The third-order valence-corrected chi connectivity index (χ3v) is 1.48. The molecule has 0 aromatic carbocycles. The van der Waals surface area contributed by atoms with Crippen LogP contribution in [0.5, 0.6) is 0 Å². The summed E-state index contributed by atoms with van der Waals surface area (Å²) < 4.78 is 0. The lowest BCUT2D eigenvalue weighted by Crippen LogP contribution is -2.35. The van der Waals surface area contributed by atoms with E-state index >= 15 is 0 Å². The van der Waals surface area contributed by atoms with Gasteiger partial charge in [-0.05, 0) is 0 Å². The van der Waals surface area contributed by atoms with Gasteiger partial charge in [-0.1, -0.05) is 23.2 Å². The number of halogens is 2. The number of alkyl halides is 1. The summed E-state index contributed by atoms with van der Waals surface area (Å²) in [5.74, 6) is 0. The Kier molecular flexibility index (Phi) is 3.48. The summed E-state index contributed by atoms with van der Waals surface area (Å²) in [6, 6.07) is 0. The molecule has 1 heterocycles. The maximum absolute atomic E-state index is 5.71. The van der Waals surface area contributed by atoms with Gasteiger partial charge in [0.1, 0.15) is 5.16 Å². The highest BCUT2D eigenvalue weighted by Gasteiger charge is 2.02. The predicted octanol–water partition coefficient (Wildman–Crippen LogP) is 0.315. The van der Waals surface area contributed by atoms with Gasteiger partial charge < -0.3 is 10.6 Å². The van der Waals surface area contributed by atoms with Gasteiger partial charge in [0.25, 0.3) is 0 Å². The molecule has 0 radical (unpaired) electrons. The summed E-state index contributed by atoms with van der Waals surface area (Å²) in [4.78, 5) is 3.90. The van der Waals surface area contributed by atoms with Crippen LogP contribution in [0.1, 0.15) is 0 Å². The van der Waals surface area contributed by atoms with Crippen LogP contribution in [-0.4, -0.2) is 18.6 Å². The van der Waals surface area contributed by atoms with Gasteiger partial charge in [0.05, 0.1) is 13.0 Å². The molecule has 11 heavy (non-hydrogen) atoms. The van der Waals surface area contributed by atoms with E-state index in [1.54, 1.807) is 6.20 Å². The van der Waals surface area contributed by atoms with Crippen molar-refractivity contribution >= 4 is 29.5 Å². The van der Waals surface area contributed by atoms with Crippen LogP contribution >= 0.6 is 23.2 Å². The molecule has 0 fully saturated rings. The molecule has 3 N–H and O–H groups in total. The minimum absolute atomic E-state index is 0.393. The van der Waals surface area contributed by atoms with Gasteiger partial charge in [-0.2, -0.15) is 0 Å². The van der Waals surface area contributed by atoms with E-state index in [2.05, 4.69) is 20.9 Å². The number of hydrogen-bond acceptors (Lipinski definition) is 4. The average Bonchev–Trinajstić information content (AvgIpc) is 2.02. The van der Waals surface area contributed by atoms with E-state index in [-0.39, 0.29) is 0 Å². The average molecular weight is 195 g/mol. The summed E-state index contributed by atoms with van der Waals surface area (Å²) in [6.07, 6.45) is 3.10. The Balaban J connectivity index is 2.51. The number of aliphatic imine (C=N–C) groups is 1. The number of nitrogens with one attached hydrogen (secondary N) is 3. The second-order valence-electron chi connectivity index (χ2n) is 1.84. The Morgan fingerprint density at radius 1 is 1.64 bits per heavy atom. The quantitative estimate of drug-likeness (QED) is 0.385. The molecule has 1 aliphatic rings. The lowest BCUT2D eigenvalue weighted by molar-refractivity contribution is 0.608. The molecular weight excluding hydrogens is 187 g/mol. The molecule has 1 unspecified atom stereocenters. The van der Waals surface area contributed by atoms with Crippen LogP contribution in [0.3, 0.4) is 0 Å². The molecule has 1 aliphatic heterocycles. The van der Waals surface area contributed by atoms with Crippen molar-refractivity contribution in [3.8, 4) is 0 Å². The molecular formula is C5H8Cl2N4. The van der Waals surface area contributed by atoms with Gasteiger partial charge in [-0.3, -0.25) is 10.3 Å². The minimum Gasteiger partial charge on any atom is -0.350 e. The van der Waals surface area contributed by atoms with E-state index in [0.717, 1.165) is 0 Å². The van der Waals surface area contributed by atoms with Crippen molar-refractivity contribution in [2.45, 2.75) is 5.62 Å². The van der Waals surface area contributed by atoms with Crippen LogP contribution in [0.2, 0.25) is 0 Å². The van der Waals surface area contributed by atoms with Crippen LogP contribution in [-0.2, 0) is 0 Å². The second-order valence-corrected chi connectivity index (χ2v) is 2.68. The summed E-state index contributed by atoms with van der Waals surface area (Å²) in [7, 11) is 0. The van der Waals surface area contributed by atoms with Crippen molar-refractivity contribution in [3.05, 3.63) is 11.4 Å². The fourth-order valence-electron chi connectivity index (χ4n) is 0.555.